The van der Waals surface area contributed by atoms with Crippen molar-refractivity contribution >= 4 is 18.3 Å². The average Bonchev–Trinajstić information content (AvgIpc) is 2.84. The average molecular weight is 246 g/mol. The number of halogens is 1. The van der Waals surface area contributed by atoms with Crippen LogP contribution in [0.5, 0.6) is 0 Å². The van der Waals surface area contributed by atoms with E-state index in [2.05, 4.69) is 15.6 Å². The van der Waals surface area contributed by atoms with Crippen LogP contribution in [0.2, 0.25) is 0 Å². The Balaban J connectivity index is 0.00000128. The minimum absolute atomic E-state index is 0. The number of aromatic nitrogens is 1. The van der Waals surface area contributed by atoms with Crippen molar-refractivity contribution in [2.75, 3.05) is 13.1 Å². The number of aryl methyl sites for hydroxylation is 1. The molecule has 1 atom stereocenters. The summed E-state index contributed by atoms with van der Waals surface area (Å²) in [6.07, 6.45) is 3.60. The molecule has 1 aromatic rings. The zero-order valence-electron chi connectivity index (χ0n) is 9.16. The van der Waals surface area contributed by atoms with Gasteiger partial charge in [0, 0.05) is 12.6 Å². The van der Waals surface area contributed by atoms with Gasteiger partial charge in [0.1, 0.15) is 5.76 Å². The van der Waals surface area contributed by atoms with E-state index in [4.69, 9.17) is 4.42 Å². The Labute approximate surface area is 100 Å². The van der Waals surface area contributed by atoms with E-state index in [0.29, 0.717) is 24.0 Å². The summed E-state index contributed by atoms with van der Waals surface area (Å²) in [4.78, 5) is 15.5. The van der Waals surface area contributed by atoms with Crippen LogP contribution in [0.3, 0.4) is 0 Å². The number of nitrogens with one attached hydrogen (secondary N) is 2. The van der Waals surface area contributed by atoms with E-state index in [0.717, 1.165) is 13.0 Å². The molecule has 2 heterocycles. The van der Waals surface area contributed by atoms with Gasteiger partial charge in [0.15, 0.2) is 12.1 Å². The summed E-state index contributed by atoms with van der Waals surface area (Å²) in [5, 5.41) is 6.16. The van der Waals surface area contributed by atoms with Crippen molar-refractivity contribution in [3.8, 4) is 0 Å². The molecule has 1 saturated heterocycles. The lowest BCUT2D eigenvalue weighted by molar-refractivity contribution is 0.0944. The molecule has 2 rings (SSSR count). The van der Waals surface area contributed by atoms with E-state index < -0.39 is 0 Å². The van der Waals surface area contributed by atoms with Crippen LogP contribution in [-0.2, 0) is 0 Å². The molecule has 16 heavy (non-hydrogen) atoms. The highest BCUT2D eigenvalue weighted by molar-refractivity contribution is 5.93. The lowest BCUT2D eigenvalue weighted by atomic mass is 10.2. The SMILES string of the molecule is Cc1ocnc1C(=O)NCC1CCCN1.Cl. The zero-order valence-corrected chi connectivity index (χ0v) is 9.97. The molecule has 2 N–H and O–H groups in total. The van der Waals surface area contributed by atoms with Crippen LogP contribution in [0, 0.1) is 6.92 Å². The van der Waals surface area contributed by atoms with Gasteiger partial charge in [-0.05, 0) is 26.3 Å². The number of carbonyl (C=O) groups is 1. The molecule has 0 saturated carbocycles. The molecular weight excluding hydrogens is 230 g/mol. The summed E-state index contributed by atoms with van der Waals surface area (Å²) in [5.41, 5.74) is 0.382. The molecule has 90 valence electrons. The Hall–Kier alpha value is -1.07. The van der Waals surface area contributed by atoms with Crippen LogP contribution < -0.4 is 10.6 Å². The Morgan fingerprint density at radius 2 is 2.56 bits per heavy atom. The maximum atomic E-state index is 11.6. The summed E-state index contributed by atoms with van der Waals surface area (Å²) < 4.78 is 4.97. The number of hydrogen-bond donors (Lipinski definition) is 2. The fraction of sp³-hybridized carbons (Fsp3) is 0.600. The van der Waals surface area contributed by atoms with Crippen molar-refractivity contribution in [3.63, 3.8) is 0 Å². The molecule has 5 nitrogen and oxygen atoms in total. The molecule has 0 radical (unpaired) electrons. The Kier molecular flexibility index (Phi) is 4.76. The van der Waals surface area contributed by atoms with Gasteiger partial charge in [0.25, 0.3) is 5.91 Å². The second kappa shape index (κ2) is 5.86. The van der Waals surface area contributed by atoms with Gasteiger partial charge in [0.2, 0.25) is 0 Å². The predicted molar refractivity (Wildman–Crippen MR) is 61.8 cm³/mol. The fourth-order valence-corrected chi connectivity index (χ4v) is 1.75. The lowest BCUT2D eigenvalue weighted by Gasteiger charge is -2.10. The molecule has 6 heteroatoms. The van der Waals surface area contributed by atoms with Gasteiger partial charge >= 0.3 is 0 Å². The van der Waals surface area contributed by atoms with E-state index in [1.807, 2.05) is 0 Å². The fourth-order valence-electron chi connectivity index (χ4n) is 1.75. The van der Waals surface area contributed by atoms with Crippen LogP contribution in [0.25, 0.3) is 0 Å². The summed E-state index contributed by atoms with van der Waals surface area (Å²) in [5.74, 6) is 0.404. The number of carbonyl (C=O) groups excluding carboxylic acids is 1. The first kappa shape index (κ1) is 13.0. The quantitative estimate of drug-likeness (QED) is 0.830. The molecule has 0 bridgehead atoms. The Bertz CT molecular complexity index is 348. The minimum atomic E-state index is -0.157. The van der Waals surface area contributed by atoms with E-state index in [-0.39, 0.29) is 18.3 Å². The van der Waals surface area contributed by atoms with E-state index in [1.54, 1.807) is 6.92 Å². The van der Waals surface area contributed by atoms with Gasteiger partial charge in [-0.25, -0.2) is 4.98 Å². The highest BCUT2D eigenvalue weighted by atomic mass is 35.5. The minimum Gasteiger partial charge on any atom is -0.448 e. The maximum Gasteiger partial charge on any atom is 0.273 e. The largest absolute Gasteiger partial charge is 0.448 e. The van der Waals surface area contributed by atoms with Crippen molar-refractivity contribution < 1.29 is 9.21 Å². The number of amides is 1. The second-order valence-corrected chi connectivity index (χ2v) is 3.76. The smallest absolute Gasteiger partial charge is 0.273 e. The highest BCUT2D eigenvalue weighted by Crippen LogP contribution is 2.06. The van der Waals surface area contributed by atoms with Crippen LogP contribution in [0.15, 0.2) is 10.8 Å². The molecule has 0 aromatic carbocycles. The van der Waals surface area contributed by atoms with Gasteiger partial charge < -0.3 is 15.1 Å². The molecule has 1 unspecified atom stereocenters. The number of rotatable bonds is 3. The maximum absolute atomic E-state index is 11.6. The van der Waals surface area contributed by atoms with Gasteiger partial charge in [0.05, 0.1) is 0 Å². The van der Waals surface area contributed by atoms with Crippen LogP contribution in [-0.4, -0.2) is 30.0 Å². The predicted octanol–water partition coefficient (Wildman–Crippen LogP) is 0.887. The van der Waals surface area contributed by atoms with E-state index >= 15 is 0 Å². The number of oxazole rings is 1. The molecule has 1 amide bonds. The van der Waals surface area contributed by atoms with Gasteiger partial charge in [-0.3, -0.25) is 4.79 Å². The molecule has 1 aliphatic rings. The topological polar surface area (TPSA) is 67.2 Å². The third kappa shape index (κ3) is 2.96. The first-order valence-corrected chi connectivity index (χ1v) is 5.19. The number of hydrogen-bond acceptors (Lipinski definition) is 4. The summed E-state index contributed by atoms with van der Waals surface area (Å²) >= 11 is 0. The normalized spacial score (nSPS) is 19.2. The lowest BCUT2D eigenvalue weighted by Crippen LogP contribution is -2.37. The van der Waals surface area contributed by atoms with E-state index in [1.165, 1.54) is 12.8 Å². The van der Waals surface area contributed by atoms with E-state index in [9.17, 15) is 4.79 Å². The summed E-state index contributed by atoms with van der Waals surface area (Å²) in [6, 6.07) is 0.404. The number of nitrogens with zero attached hydrogens (tertiary/aromatic N) is 1. The molecule has 1 aliphatic heterocycles. The highest BCUT2D eigenvalue weighted by Gasteiger charge is 2.17. The van der Waals surface area contributed by atoms with Gasteiger partial charge in [-0.15, -0.1) is 12.4 Å². The van der Waals surface area contributed by atoms with Crippen molar-refractivity contribution in [2.24, 2.45) is 0 Å². The zero-order chi connectivity index (χ0) is 10.7. The van der Waals surface area contributed by atoms with Gasteiger partial charge in [-0.2, -0.15) is 0 Å². The van der Waals surface area contributed by atoms with Crippen LogP contribution >= 0.6 is 12.4 Å². The van der Waals surface area contributed by atoms with Crippen molar-refractivity contribution in [2.45, 2.75) is 25.8 Å². The first-order chi connectivity index (χ1) is 7.27. The van der Waals surface area contributed by atoms with Crippen molar-refractivity contribution in [1.29, 1.82) is 0 Å². The molecule has 1 fully saturated rings. The standard InChI is InChI=1S/C10H15N3O2.ClH/c1-7-9(13-6-15-7)10(14)12-5-8-3-2-4-11-8;/h6,8,11H,2-5H2,1H3,(H,12,14);1H. The van der Waals surface area contributed by atoms with Gasteiger partial charge in [-0.1, -0.05) is 0 Å². The van der Waals surface area contributed by atoms with Crippen molar-refractivity contribution in [1.82, 2.24) is 15.6 Å². The molecule has 0 aliphatic carbocycles. The monoisotopic (exact) mass is 245 g/mol. The summed E-state index contributed by atoms with van der Waals surface area (Å²) in [7, 11) is 0. The summed E-state index contributed by atoms with van der Waals surface area (Å²) in [6.45, 7) is 3.43. The third-order valence-electron chi connectivity index (χ3n) is 2.63. The molecule has 1 aromatic heterocycles. The molecule has 0 spiro atoms. The molecular formula is C10H16ClN3O2. The Morgan fingerprint density at radius 1 is 1.75 bits per heavy atom. The first-order valence-electron chi connectivity index (χ1n) is 5.19. The third-order valence-corrected chi connectivity index (χ3v) is 2.63. The van der Waals surface area contributed by atoms with Crippen LogP contribution in [0.1, 0.15) is 29.1 Å². The van der Waals surface area contributed by atoms with Crippen LogP contribution in [0.4, 0.5) is 0 Å². The van der Waals surface area contributed by atoms with Crippen molar-refractivity contribution in [3.05, 3.63) is 17.8 Å². The second-order valence-electron chi connectivity index (χ2n) is 3.76. The Morgan fingerprint density at radius 3 is 3.12 bits per heavy atom.